The Morgan fingerprint density at radius 3 is 2.58 bits per heavy atom. The Morgan fingerprint density at radius 1 is 1.21 bits per heavy atom. The molecule has 1 saturated carbocycles. The average Bonchev–Trinajstić information content (AvgIpc) is 2.45. The molecule has 1 aliphatic carbocycles. The zero-order valence-corrected chi connectivity index (χ0v) is 11.8. The third-order valence-electron chi connectivity index (χ3n) is 3.77. The van der Waals surface area contributed by atoms with E-state index in [4.69, 9.17) is 9.47 Å². The molecule has 0 amide bonds. The van der Waals surface area contributed by atoms with Crippen molar-refractivity contribution in [1.82, 2.24) is 0 Å². The summed E-state index contributed by atoms with van der Waals surface area (Å²) < 4.78 is 11.2. The molecule has 19 heavy (non-hydrogen) atoms. The minimum absolute atomic E-state index is 0.0390. The molecule has 0 bridgehead atoms. The number of carbonyl (C=O) groups is 1. The van der Waals surface area contributed by atoms with Crippen LogP contribution in [0.25, 0.3) is 0 Å². The van der Waals surface area contributed by atoms with E-state index in [9.17, 15) is 4.79 Å². The molecule has 0 unspecified atom stereocenters. The standard InChI is InChI=1S/C16H22O3/c1-12(17)14-8-9-15(16(10-14)18-2)19-11-13-6-4-3-5-7-13/h8-10,13H,3-7,11H2,1-2H3. The first-order valence-corrected chi connectivity index (χ1v) is 7.02. The maximum atomic E-state index is 11.3. The van der Waals surface area contributed by atoms with Crippen molar-refractivity contribution in [1.29, 1.82) is 0 Å². The molecule has 3 nitrogen and oxygen atoms in total. The molecule has 0 N–H and O–H groups in total. The smallest absolute Gasteiger partial charge is 0.161 e. The van der Waals surface area contributed by atoms with Crippen LogP contribution in [0.5, 0.6) is 11.5 Å². The van der Waals surface area contributed by atoms with Crippen LogP contribution in [0, 0.1) is 5.92 Å². The van der Waals surface area contributed by atoms with Gasteiger partial charge in [-0.15, -0.1) is 0 Å². The van der Waals surface area contributed by atoms with Crippen LogP contribution >= 0.6 is 0 Å². The zero-order chi connectivity index (χ0) is 13.7. The van der Waals surface area contributed by atoms with Gasteiger partial charge in [0.1, 0.15) is 0 Å². The van der Waals surface area contributed by atoms with E-state index in [1.165, 1.54) is 32.1 Å². The first-order valence-electron chi connectivity index (χ1n) is 7.02. The highest BCUT2D eigenvalue weighted by atomic mass is 16.5. The largest absolute Gasteiger partial charge is 0.493 e. The SMILES string of the molecule is COc1cc(C(C)=O)ccc1OCC1CCCCC1. The van der Waals surface area contributed by atoms with Gasteiger partial charge in [-0.25, -0.2) is 0 Å². The second kappa shape index (κ2) is 6.60. The van der Waals surface area contributed by atoms with Crippen LogP contribution in [0.1, 0.15) is 49.4 Å². The van der Waals surface area contributed by atoms with Crippen LogP contribution in [0.3, 0.4) is 0 Å². The van der Waals surface area contributed by atoms with Crippen molar-refractivity contribution in [3.05, 3.63) is 23.8 Å². The molecule has 0 radical (unpaired) electrons. The number of ether oxygens (including phenoxy) is 2. The van der Waals surface area contributed by atoms with E-state index < -0.39 is 0 Å². The lowest BCUT2D eigenvalue weighted by atomic mass is 9.90. The van der Waals surface area contributed by atoms with Gasteiger partial charge in [0.25, 0.3) is 0 Å². The van der Waals surface area contributed by atoms with Crippen LogP contribution in [-0.4, -0.2) is 19.5 Å². The highest BCUT2D eigenvalue weighted by molar-refractivity contribution is 5.94. The lowest BCUT2D eigenvalue weighted by Crippen LogP contribution is -2.15. The summed E-state index contributed by atoms with van der Waals surface area (Å²) in [6.45, 7) is 2.30. The van der Waals surface area contributed by atoms with Gasteiger partial charge in [0, 0.05) is 5.56 Å². The molecule has 1 aromatic carbocycles. The Kier molecular flexibility index (Phi) is 4.83. The molecule has 0 spiro atoms. The summed E-state index contributed by atoms with van der Waals surface area (Å²) in [5.74, 6) is 2.07. The first-order chi connectivity index (χ1) is 9.20. The third-order valence-corrected chi connectivity index (χ3v) is 3.77. The van der Waals surface area contributed by atoms with Gasteiger partial charge >= 0.3 is 0 Å². The van der Waals surface area contributed by atoms with Crippen LogP contribution in [0.2, 0.25) is 0 Å². The molecule has 0 atom stereocenters. The van der Waals surface area contributed by atoms with Crippen molar-refractivity contribution in [2.75, 3.05) is 13.7 Å². The fourth-order valence-electron chi connectivity index (χ4n) is 2.57. The Morgan fingerprint density at radius 2 is 1.95 bits per heavy atom. The Hall–Kier alpha value is -1.51. The van der Waals surface area contributed by atoms with E-state index in [-0.39, 0.29) is 5.78 Å². The maximum Gasteiger partial charge on any atom is 0.161 e. The van der Waals surface area contributed by atoms with Crippen molar-refractivity contribution in [3.63, 3.8) is 0 Å². The summed E-state index contributed by atoms with van der Waals surface area (Å²) in [7, 11) is 1.60. The number of methoxy groups -OCH3 is 1. The summed E-state index contributed by atoms with van der Waals surface area (Å²) in [4.78, 5) is 11.3. The first kappa shape index (κ1) is 13.9. The second-order valence-electron chi connectivity index (χ2n) is 5.24. The molecule has 1 aromatic rings. The molecular weight excluding hydrogens is 240 g/mol. The molecule has 104 valence electrons. The normalized spacial score (nSPS) is 16.1. The van der Waals surface area contributed by atoms with Crippen molar-refractivity contribution in [2.24, 2.45) is 5.92 Å². The topological polar surface area (TPSA) is 35.5 Å². The number of hydrogen-bond donors (Lipinski definition) is 0. The molecule has 0 saturated heterocycles. The molecule has 1 fully saturated rings. The van der Waals surface area contributed by atoms with Crippen molar-refractivity contribution >= 4 is 5.78 Å². The fraction of sp³-hybridized carbons (Fsp3) is 0.562. The van der Waals surface area contributed by atoms with Gasteiger partial charge in [0.15, 0.2) is 17.3 Å². The summed E-state index contributed by atoms with van der Waals surface area (Å²) in [6, 6.07) is 5.37. The average molecular weight is 262 g/mol. The molecule has 2 rings (SSSR count). The van der Waals surface area contributed by atoms with Gasteiger partial charge < -0.3 is 9.47 Å². The number of ketones is 1. The Bertz CT molecular complexity index is 434. The van der Waals surface area contributed by atoms with Crippen LogP contribution < -0.4 is 9.47 Å². The van der Waals surface area contributed by atoms with E-state index in [2.05, 4.69) is 0 Å². The molecule has 0 aromatic heterocycles. The predicted molar refractivity (Wildman–Crippen MR) is 75.1 cm³/mol. The van der Waals surface area contributed by atoms with E-state index in [1.807, 2.05) is 6.07 Å². The minimum Gasteiger partial charge on any atom is -0.493 e. The zero-order valence-electron chi connectivity index (χ0n) is 11.8. The van der Waals surface area contributed by atoms with Gasteiger partial charge in [0.05, 0.1) is 13.7 Å². The molecule has 3 heteroatoms. The van der Waals surface area contributed by atoms with Crippen molar-refractivity contribution in [2.45, 2.75) is 39.0 Å². The van der Waals surface area contributed by atoms with E-state index in [0.29, 0.717) is 17.2 Å². The maximum absolute atomic E-state index is 11.3. The van der Waals surface area contributed by atoms with Gasteiger partial charge in [-0.2, -0.15) is 0 Å². The number of Topliss-reactive ketones (excluding diaryl/α,β-unsaturated/α-hetero) is 1. The summed E-state index contributed by atoms with van der Waals surface area (Å²) >= 11 is 0. The van der Waals surface area contributed by atoms with Crippen LogP contribution in [0.15, 0.2) is 18.2 Å². The summed E-state index contributed by atoms with van der Waals surface area (Å²) in [5, 5.41) is 0. The quantitative estimate of drug-likeness (QED) is 0.756. The monoisotopic (exact) mass is 262 g/mol. The lowest BCUT2D eigenvalue weighted by Gasteiger charge is -2.22. The lowest BCUT2D eigenvalue weighted by molar-refractivity contribution is 0.101. The van der Waals surface area contributed by atoms with E-state index in [0.717, 1.165) is 12.4 Å². The molecule has 1 aliphatic rings. The van der Waals surface area contributed by atoms with Gasteiger partial charge in [-0.05, 0) is 43.9 Å². The predicted octanol–water partition coefficient (Wildman–Crippen LogP) is 3.86. The third kappa shape index (κ3) is 3.72. The Labute approximate surface area is 114 Å². The van der Waals surface area contributed by atoms with E-state index in [1.54, 1.807) is 26.2 Å². The highest BCUT2D eigenvalue weighted by Crippen LogP contribution is 2.30. The van der Waals surface area contributed by atoms with Crippen molar-refractivity contribution < 1.29 is 14.3 Å². The van der Waals surface area contributed by atoms with Crippen LogP contribution in [-0.2, 0) is 0 Å². The number of carbonyl (C=O) groups excluding carboxylic acids is 1. The molecular formula is C16H22O3. The molecule has 0 heterocycles. The number of hydrogen-bond acceptors (Lipinski definition) is 3. The Balaban J connectivity index is 2.00. The number of rotatable bonds is 5. The van der Waals surface area contributed by atoms with Gasteiger partial charge in [-0.3, -0.25) is 4.79 Å². The van der Waals surface area contributed by atoms with Gasteiger partial charge in [-0.1, -0.05) is 19.3 Å². The summed E-state index contributed by atoms with van der Waals surface area (Å²) in [6.07, 6.45) is 6.50. The minimum atomic E-state index is 0.0390. The fourth-order valence-corrected chi connectivity index (χ4v) is 2.57. The van der Waals surface area contributed by atoms with Crippen LogP contribution in [0.4, 0.5) is 0 Å². The number of benzene rings is 1. The van der Waals surface area contributed by atoms with E-state index >= 15 is 0 Å². The van der Waals surface area contributed by atoms with Crippen molar-refractivity contribution in [3.8, 4) is 11.5 Å². The summed E-state index contributed by atoms with van der Waals surface area (Å²) in [5.41, 5.74) is 0.655. The second-order valence-corrected chi connectivity index (χ2v) is 5.24. The van der Waals surface area contributed by atoms with Gasteiger partial charge in [0.2, 0.25) is 0 Å². The molecule has 0 aliphatic heterocycles. The highest BCUT2D eigenvalue weighted by Gasteiger charge is 2.15.